The summed E-state index contributed by atoms with van der Waals surface area (Å²) in [4.78, 5) is 26.5. The van der Waals surface area contributed by atoms with Crippen molar-refractivity contribution in [2.75, 3.05) is 33.4 Å². The number of hydrogen-bond donors (Lipinski definition) is 1. The molecule has 0 aromatic heterocycles. The van der Waals surface area contributed by atoms with Crippen LogP contribution in [0.15, 0.2) is 30.3 Å². The van der Waals surface area contributed by atoms with Crippen molar-refractivity contribution < 1.29 is 22.0 Å². The van der Waals surface area contributed by atoms with Gasteiger partial charge in [-0.1, -0.05) is 102 Å². The van der Waals surface area contributed by atoms with Crippen LogP contribution < -0.4 is 22.2 Å². The van der Waals surface area contributed by atoms with Crippen LogP contribution in [-0.2, 0) is 9.59 Å². The lowest BCUT2D eigenvalue weighted by Crippen LogP contribution is -3.00. The third-order valence-electron chi connectivity index (χ3n) is 7.69. The Morgan fingerprint density at radius 2 is 1.43 bits per heavy atom. The average Bonchev–Trinajstić information content (AvgIpc) is 3.29. The van der Waals surface area contributed by atoms with Crippen LogP contribution in [0.2, 0.25) is 0 Å². The number of hydrogen-bond acceptors (Lipinski definition) is 2. The van der Waals surface area contributed by atoms with E-state index in [0.29, 0.717) is 30.5 Å². The lowest BCUT2D eigenvalue weighted by Gasteiger charge is -2.37. The number of unbranched alkanes of at least 4 members (excludes halogenated alkanes) is 12. The summed E-state index contributed by atoms with van der Waals surface area (Å²) < 4.78 is 0.696. The molecular weight excluding hydrogens is 482 g/mol. The van der Waals surface area contributed by atoms with Gasteiger partial charge in [0.2, 0.25) is 11.8 Å². The normalized spacial score (nSPS) is 14.9. The summed E-state index contributed by atoms with van der Waals surface area (Å²) in [6, 6.07) is 10.5. The standard InChI is InChI=1S/C31H53N3O2.ClH/c1-3-4-5-6-7-8-9-10-11-12-13-14-18-23-30(35)32-25-20-27-34(2,29-21-16-15-17-22-29)28-33-26-19-24-31(33)36;/h15-17,21-22H,3-14,18-20,23-28H2,1-2H3;1H. The van der Waals surface area contributed by atoms with Crippen LogP contribution in [0.3, 0.4) is 0 Å². The van der Waals surface area contributed by atoms with Crippen molar-refractivity contribution in [1.29, 1.82) is 0 Å². The summed E-state index contributed by atoms with van der Waals surface area (Å²) in [5.74, 6) is 0.447. The van der Waals surface area contributed by atoms with E-state index in [4.69, 9.17) is 0 Å². The van der Waals surface area contributed by atoms with Gasteiger partial charge in [0, 0.05) is 32.4 Å². The molecule has 0 bridgehead atoms. The zero-order valence-corrected chi connectivity index (χ0v) is 24.6. The fraction of sp³-hybridized carbons (Fsp3) is 0.742. The van der Waals surface area contributed by atoms with Crippen LogP contribution >= 0.6 is 0 Å². The van der Waals surface area contributed by atoms with E-state index >= 15 is 0 Å². The zero-order valence-electron chi connectivity index (χ0n) is 23.8. The summed E-state index contributed by atoms with van der Waals surface area (Å²) in [6.45, 7) is 5.43. The van der Waals surface area contributed by atoms with Crippen molar-refractivity contribution in [2.24, 2.45) is 0 Å². The first kappa shape index (κ1) is 33.4. The van der Waals surface area contributed by atoms with Crippen molar-refractivity contribution in [3.8, 4) is 0 Å². The van der Waals surface area contributed by atoms with Crippen LogP contribution in [0.1, 0.15) is 116 Å². The highest BCUT2D eigenvalue weighted by atomic mass is 35.5. The van der Waals surface area contributed by atoms with Gasteiger partial charge in [-0.3, -0.25) is 19.0 Å². The Morgan fingerprint density at radius 3 is 1.97 bits per heavy atom. The van der Waals surface area contributed by atoms with Crippen molar-refractivity contribution in [3.05, 3.63) is 30.3 Å². The van der Waals surface area contributed by atoms with Crippen LogP contribution in [-0.4, -0.2) is 50.1 Å². The van der Waals surface area contributed by atoms with Crippen molar-refractivity contribution in [3.63, 3.8) is 0 Å². The monoisotopic (exact) mass is 535 g/mol. The summed E-state index contributed by atoms with van der Waals surface area (Å²) in [7, 11) is 2.20. The molecule has 0 spiro atoms. The largest absolute Gasteiger partial charge is 1.00 e. The molecule has 0 radical (unpaired) electrons. The van der Waals surface area contributed by atoms with E-state index in [1.165, 1.54) is 76.3 Å². The molecule has 1 fully saturated rings. The highest BCUT2D eigenvalue weighted by Crippen LogP contribution is 2.24. The molecular formula is C31H54ClN3O2. The molecule has 1 N–H and O–H groups in total. The number of quaternary nitrogens is 1. The molecule has 1 saturated heterocycles. The van der Waals surface area contributed by atoms with E-state index < -0.39 is 0 Å². The SMILES string of the molecule is CCCCCCCCCCCCCCCC(=O)NCCC[N+](C)(CN1CCCC1=O)c1ccccc1.[Cl-]. The Balaban J connectivity index is 0.00000684. The first-order valence-corrected chi connectivity index (χ1v) is 15.0. The van der Waals surface area contributed by atoms with Gasteiger partial charge in [-0.15, -0.1) is 0 Å². The molecule has 0 aliphatic carbocycles. The lowest BCUT2D eigenvalue weighted by atomic mass is 10.0. The number of benzene rings is 1. The van der Waals surface area contributed by atoms with Crippen molar-refractivity contribution in [1.82, 2.24) is 14.7 Å². The minimum atomic E-state index is 0. The summed E-state index contributed by atoms with van der Waals surface area (Å²) in [5.41, 5.74) is 1.22. The van der Waals surface area contributed by atoms with Gasteiger partial charge >= 0.3 is 0 Å². The molecule has 1 aliphatic rings. The molecule has 2 amide bonds. The number of halogens is 1. The second kappa shape index (κ2) is 20.4. The lowest BCUT2D eigenvalue weighted by molar-refractivity contribution is -0.129. The van der Waals surface area contributed by atoms with Gasteiger partial charge in [0.1, 0.15) is 5.69 Å². The molecule has 37 heavy (non-hydrogen) atoms. The van der Waals surface area contributed by atoms with E-state index in [1.54, 1.807) is 0 Å². The molecule has 1 aliphatic heterocycles. The third-order valence-corrected chi connectivity index (χ3v) is 7.69. The topological polar surface area (TPSA) is 49.4 Å². The highest BCUT2D eigenvalue weighted by Gasteiger charge is 2.31. The highest BCUT2D eigenvalue weighted by molar-refractivity contribution is 5.78. The molecule has 1 unspecified atom stereocenters. The summed E-state index contributed by atoms with van der Waals surface area (Å²) >= 11 is 0. The molecule has 212 valence electrons. The first-order valence-electron chi connectivity index (χ1n) is 15.0. The van der Waals surface area contributed by atoms with Gasteiger partial charge in [0.15, 0.2) is 6.67 Å². The Morgan fingerprint density at radius 1 is 0.865 bits per heavy atom. The first-order chi connectivity index (χ1) is 17.5. The summed E-state index contributed by atoms with van der Waals surface area (Å²) in [6.07, 6.45) is 20.4. The quantitative estimate of drug-likeness (QED) is 0.189. The Kier molecular flexibility index (Phi) is 18.4. The second-order valence-corrected chi connectivity index (χ2v) is 11.1. The van der Waals surface area contributed by atoms with Crippen LogP contribution in [0, 0.1) is 0 Å². The van der Waals surface area contributed by atoms with Gasteiger partial charge in [0.05, 0.1) is 13.6 Å². The number of carbonyl (C=O) groups excluding carboxylic acids is 2. The molecule has 6 heteroatoms. The maximum absolute atomic E-state index is 12.3. The number of carbonyl (C=O) groups is 2. The Hall–Kier alpha value is -1.59. The minimum Gasteiger partial charge on any atom is -1.00 e. The van der Waals surface area contributed by atoms with Crippen molar-refractivity contribution in [2.45, 2.75) is 116 Å². The minimum absolute atomic E-state index is 0. The number of rotatable bonds is 21. The number of nitrogens with zero attached hydrogens (tertiary/aromatic N) is 2. The van der Waals surface area contributed by atoms with Crippen LogP contribution in [0.5, 0.6) is 0 Å². The van der Waals surface area contributed by atoms with E-state index in [0.717, 1.165) is 38.8 Å². The van der Waals surface area contributed by atoms with E-state index in [9.17, 15) is 9.59 Å². The number of nitrogens with one attached hydrogen (secondary N) is 1. The number of amides is 2. The van der Waals surface area contributed by atoms with Gasteiger partial charge in [0.25, 0.3) is 0 Å². The van der Waals surface area contributed by atoms with Crippen LogP contribution in [0.4, 0.5) is 5.69 Å². The molecule has 1 atom stereocenters. The summed E-state index contributed by atoms with van der Waals surface area (Å²) in [5, 5.41) is 3.12. The molecule has 1 heterocycles. The Bertz CT molecular complexity index is 730. The smallest absolute Gasteiger partial charge is 0.226 e. The molecule has 0 saturated carbocycles. The predicted octanol–water partition coefficient (Wildman–Crippen LogP) is 4.20. The van der Waals surface area contributed by atoms with Crippen LogP contribution in [0.25, 0.3) is 0 Å². The Labute approximate surface area is 233 Å². The third kappa shape index (κ3) is 14.2. The van der Waals surface area contributed by atoms with Gasteiger partial charge < -0.3 is 17.7 Å². The average molecular weight is 536 g/mol. The molecule has 5 nitrogen and oxygen atoms in total. The maximum Gasteiger partial charge on any atom is 0.226 e. The van der Waals surface area contributed by atoms with E-state index in [-0.39, 0.29) is 24.2 Å². The van der Waals surface area contributed by atoms with E-state index in [1.807, 2.05) is 11.0 Å². The fourth-order valence-electron chi connectivity index (χ4n) is 5.35. The predicted molar refractivity (Wildman–Crippen MR) is 153 cm³/mol. The second-order valence-electron chi connectivity index (χ2n) is 11.1. The maximum atomic E-state index is 12.3. The fourth-order valence-corrected chi connectivity index (χ4v) is 5.35. The molecule has 1 aromatic carbocycles. The van der Waals surface area contributed by atoms with E-state index in [2.05, 4.69) is 43.6 Å². The van der Waals surface area contributed by atoms with Gasteiger partial charge in [-0.25, -0.2) is 0 Å². The molecule has 2 rings (SSSR count). The van der Waals surface area contributed by atoms with Gasteiger partial charge in [-0.05, 0) is 25.0 Å². The number of para-hydroxylation sites is 1. The van der Waals surface area contributed by atoms with Crippen molar-refractivity contribution >= 4 is 17.5 Å². The molecule has 1 aromatic rings. The van der Waals surface area contributed by atoms with Gasteiger partial charge in [-0.2, -0.15) is 0 Å². The zero-order chi connectivity index (χ0) is 25.9. The number of likely N-dealkylation sites (tertiary alicyclic amines) is 1.